The lowest BCUT2D eigenvalue weighted by atomic mass is 10.2. The van der Waals surface area contributed by atoms with Crippen molar-refractivity contribution in [2.75, 3.05) is 6.54 Å². The summed E-state index contributed by atoms with van der Waals surface area (Å²) >= 11 is 5.98. The number of nitrogens with zero attached hydrogens (tertiary/aromatic N) is 3. The van der Waals surface area contributed by atoms with Gasteiger partial charge in [0.25, 0.3) is 0 Å². The Labute approximate surface area is 132 Å². The van der Waals surface area contributed by atoms with Gasteiger partial charge < -0.3 is 10.3 Å². The average Bonchev–Trinajstić information content (AvgIpc) is 3.12. The molecule has 2 heterocycles. The molecule has 1 aliphatic rings. The summed E-state index contributed by atoms with van der Waals surface area (Å²) in [5.41, 5.74) is 8.08. The van der Waals surface area contributed by atoms with Gasteiger partial charge in [0.15, 0.2) is 5.82 Å². The maximum atomic E-state index is 14.6. The largest absolute Gasteiger partial charge is 0.329 e. The molecule has 6 heteroatoms. The normalized spacial score (nSPS) is 14.9. The van der Waals surface area contributed by atoms with Crippen molar-refractivity contribution in [2.24, 2.45) is 5.73 Å². The van der Waals surface area contributed by atoms with Crippen molar-refractivity contribution in [1.29, 1.82) is 0 Å². The van der Waals surface area contributed by atoms with Crippen LogP contribution in [0.2, 0.25) is 5.02 Å². The predicted molar refractivity (Wildman–Crippen MR) is 85.1 cm³/mol. The van der Waals surface area contributed by atoms with Crippen LogP contribution in [0, 0.1) is 5.82 Å². The molecule has 0 radical (unpaired) electrons. The van der Waals surface area contributed by atoms with E-state index in [1.165, 1.54) is 0 Å². The Balaban J connectivity index is 1.96. The smallest absolute Gasteiger partial charge is 0.166 e. The first-order valence-electron chi connectivity index (χ1n) is 7.41. The maximum absolute atomic E-state index is 14.6. The van der Waals surface area contributed by atoms with Crippen LogP contribution in [0.3, 0.4) is 0 Å². The third kappa shape index (κ3) is 2.12. The molecule has 0 unspecified atom stereocenters. The van der Waals surface area contributed by atoms with Gasteiger partial charge in [-0.15, -0.1) is 0 Å². The average molecular weight is 319 g/mol. The first-order valence-corrected chi connectivity index (χ1v) is 7.79. The van der Waals surface area contributed by atoms with E-state index in [0.29, 0.717) is 24.5 Å². The molecule has 0 saturated heterocycles. The first kappa shape index (κ1) is 13.8. The molecule has 0 bridgehead atoms. The van der Waals surface area contributed by atoms with E-state index in [1.54, 1.807) is 16.9 Å². The zero-order valence-corrected chi connectivity index (χ0v) is 12.7. The molecule has 2 aromatic heterocycles. The van der Waals surface area contributed by atoms with Crippen LogP contribution in [-0.2, 0) is 6.54 Å². The lowest BCUT2D eigenvalue weighted by Crippen LogP contribution is -2.09. The summed E-state index contributed by atoms with van der Waals surface area (Å²) in [6.07, 6.45) is 5.94. The molecule has 4 rings (SSSR count). The Morgan fingerprint density at radius 1 is 1.36 bits per heavy atom. The van der Waals surface area contributed by atoms with Gasteiger partial charge in [-0.05, 0) is 30.9 Å². The Morgan fingerprint density at radius 2 is 2.18 bits per heavy atom. The van der Waals surface area contributed by atoms with Crippen molar-refractivity contribution in [2.45, 2.75) is 25.3 Å². The number of hydrogen-bond donors (Lipinski definition) is 1. The first-order chi connectivity index (χ1) is 10.7. The summed E-state index contributed by atoms with van der Waals surface area (Å²) in [5.74, 6) is 0.112. The Hall–Kier alpha value is -1.85. The number of halogens is 2. The fourth-order valence-corrected chi connectivity index (χ4v) is 3.08. The summed E-state index contributed by atoms with van der Waals surface area (Å²) in [6.45, 7) is 1.16. The van der Waals surface area contributed by atoms with Crippen molar-refractivity contribution < 1.29 is 4.39 Å². The standard InChI is InChI=1S/C16H16ClFN4/c17-13-4-3-11-7-14(10-1-2-10)22(16(11)15(13)18)12-8-20-21(9-12)6-5-19/h3-4,7-10H,1-2,5-6,19H2. The second-order valence-corrected chi connectivity index (χ2v) is 6.14. The van der Waals surface area contributed by atoms with Gasteiger partial charge in [-0.2, -0.15) is 5.10 Å². The van der Waals surface area contributed by atoms with E-state index in [-0.39, 0.29) is 10.8 Å². The fourth-order valence-electron chi connectivity index (χ4n) is 2.93. The molecule has 0 amide bonds. The van der Waals surface area contributed by atoms with Crippen LogP contribution in [0.15, 0.2) is 30.6 Å². The molecule has 1 saturated carbocycles. The summed E-state index contributed by atoms with van der Waals surface area (Å²) in [4.78, 5) is 0. The highest BCUT2D eigenvalue weighted by atomic mass is 35.5. The molecular formula is C16H16ClFN4. The molecule has 1 fully saturated rings. The molecule has 0 spiro atoms. The second-order valence-electron chi connectivity index (χ2n) is 5.73. The van der Waals surface area contributed by atoms with E-state index in [2.05, 4.69) is 11.2 Å². The van der Waals surface area contributed by atoms with Gasteiger partial charge in [0.1, 0.15) is 0 Å². The molecule has 3 aromatic rings. The molecule has 0 aliphatic heterocycles. The fraction of sp³-hybridized carbons (Fsp3) is 0.312. The van der Waals surface area contributed by atoms with Gasteiger partial charge in [0.05, 0.1) is 29.0 Å². The van der Waals surface area contributed by atoms with Gasteiger partial charge >= 0.3 is 0 Å². The number of aromatic nitrogens is 3. The molecule has 1 aromatic carbocycles. The monoisotopic (exact) mass is 318 g/mol. The number of benzene rings is 1. The molecule has 4 nitrogen and oxygen atoms in total. The van der Waals surface area contributed by atoms with E-state index in [9.17, 15) is 4.39 Å². The zero-order valence-electron chi connectivity index (χ0n) is 12.0. The van der Waals surface area contributed by atoms with Gasteiger partial charge in [-0.3, -0.25) is 4.68 Å². The van der Waals surface area contributed by atoms with Crippen molar-refractivity contribution >= 4 is 22.5 Å². The van der Waals surface area contributed by atoms with Crippen LogP contribution >= 0.6 is 11.6 Å². The van der Waals surface area contributed by atoms with Gasteiger partial charge in [0.2, 0.25) is 0 Å². The van der Waals surface area contributed by atoms with E-state index in [0.717, 1.165) is 29.6 Å². The van der Waals surface area contributed by atoms with Crippen molar-refractivity contribution in [3.8, 4) is 5.69 Å². The van der Waals surface area contributed by atoms with Gasteiger partial charge in [-0.1, -0.05) is 17.7 Å². The highest BCUT2D eigenvalue weighted by Crippen LogP contribution is 2.44. The summed E-state index contributed by atoms with van der Waals surface area (Å²) < 4.78 is 18.3. The second kappa shape index (κ2) is 5.11. The SMILES string of the molecule is NCCn1cc(-n2c(C3CC3)cc3ccc(Cl)c(F)c32)cn1. The van der Waals surface area contributed by atoms with Gasteiger partial charge in [0, 0.05) is 23.8 Å². The maximum Gasteiger partial charge on any atom is 0.166 e. The Morgan fingerprint density at radius 3 is 2.91 bits per heavy atom. The van der Waals surface area contributed by atoms with E-state index in [4.69, 9.17) is 17.3 Å². The highest BCUT2D eigenvalue weighted by Gasteiger charge is 2.29. The number of hydrogen-bond acceptors (Lipinski definition) is 2. The van der Waals surface area contributed by atoms with Crippen LogP contribution in [0.4, 0.5) is 4.39 Å². The van der Waals surface area contributed by atoms with Gasteiger partial charge in [-0.25, -0.2) is 4.39 Å². The number of rotatable bonds is 4. The number of fused-ring (bicyclic) bond motifs is 1. The van der Waals surface area contributed by atoms with E-state index < -0.39 is 0 Å². The molecule has 0 atom stereocenters. The minimum atomic E-state index is -0.377. The van der Waals surface area contributed by atoms with Crippen LogP contribution in [0.1, 0.15) is 24.5 Å². The van der Waals surface area contributed by atoms with Crippen molar-refractivity contribution in [3.05, 3.63) is 47.1 Å². The number of nitrogens with two attached hydrogens (primary N) is 1. The van der Waals surface area contributed by atoms with E-state index in [1.807, 2.05) is 16.8 Å². The topological polar surface area (TPSA) is 48.8 Å². The van der Waals surface area contributed by atoms with Crippen LogP contribution in [0.5, 0.6) is 0 Å². The third-order valence-electron chi connectivity index (χ3n) is 4.12. The highest BCUT2D eigenvalue weighted by molar-refractivity contribution is 6.31. The third-order valence-corrected chi connectivity index (χ3v) is 4.41. The van der Waals surface area contributed by atoms with E-state index >= 15 is 0 Å². The predicted octanol–water partition coefficient (Wildman–Crippen LogP) is 3.46. The molecular weight excluding hydrogens is 303 g/mol. The summed E-state index contributed by atoms with van der Waals surface area (Å²) in [7, 11) is 0. The molecule has 114 valence electrons. The Bertz CT molecular complexity index is 847. The zero-order chi connectivity index (χ0) is 15.3. The quantitative estimate of drug-likeness (QED) is 0.801. The van der Waals surface area contributed by atoms with Crippen molar-refractivity contribution in [3.63, 3.8) is 0 Å². The lowest BCUT2D eigenvalue weighted by molar-refractivity contribution is 0.624. The molecule has 2 N–H and O–H groups in total. The van der Waals surface area contributed by atoms with Crippen molar-refractivity contribution in [1.82, 2.24) is 14.3 Å². The lowest BCUT2D eigenvalue weighted by Gasteiger charge is -2.08. The van der Waals surface area contributed by atoms with Crippen LogP contribution in [-0.4, -0.2) is 20.9 Å². The molecule has 22 heavy (non-hydrogen) atoms. The Kier molecular flexibility index (Phi) is 3.20. The minimum absolute atomic E-state index is 0.142. The summed E-state index contributed by atoms with van der Waals surface area (Å²) in [6, 6.07) is 5.54. The minimum Gasteiger partial charge on any atom is -0.329 e. The van der Waals surface area contributed by atoms with Crippen LogP contribution in [0.25, 0.3) is 16.6 Å². The summed E-state index contributed by atoms with van der Waals surface area (Å²) in [5, 5.41) is 5.31. The van der Waals surface area contributed by atoms with Crippen LogP contribution < -0.4 is 5.73 Å². The molecule has 1 aliphatic carbocycles.